The lowest BCUT2D eigenvalue weighted by atomic mass is 9.96. The number of benzene rings is 1. The van der Waals surface area contributed by atoms with E-state index in [1.807, 2.05) is 6.07 Å². The van der Waals surface area contributed by atoms with Crippen molar-refractivity contribution in [2.45, 2.75) is 37.8 Å². The molecule has 0 spiro atoms. The lowest BCUT2D eigenvalue weighted by molar-refractivity contribution is -0.119. The number of hydrogen-bond donors (Lipinski definition) is 3. The van der Waals surface area contributed by atoms with E-state index >= 15 is 0 Å². The van der Waals surface area contributed by atoms with E-state index in [-0.39, 0.29) is 30.2 Å². The maximum atomic E-state index is 12.2. The van der Waals surface area contributed by atoms with Gasteiger partial charge < -0.3 is 15.4 Å². The number of aliphatic hydroxyl groups excluding tert-OH is 1. The average Bonchev–Trinajstić information content (AvgIpc) is 2.49. The molecule has 0 saturated carbocycles. The summed E-state index contributed by atoms with van der Waals surface area (Å²) in [5.74, 6) is 0.330. The topological polar surface area (TPSA) is 95.1 Å². The SMILES string of the molecule is O=C(Cc1nc2ccccc2c(=O)[nH]1)CC1NCCCC1O. The average molecular weight is 301 g/mol. The number of nitrogens with one attached hydrogen (secondary N) is 2. The third-order valence-electron chi connectivity index (χ3n) is 4.02. The van der Waals surface area contributed by atoms with E-state index in [1.165, 1.54) is 0 Å². The van der Waals surface area contributed by atoms with Gasteiger partial charge in [-0.1, -0.05) is 12.1 Å². The molecule has 22 heavy (non-hydrogen) atoms. The highest BCUT2D eigenvalue weighted by molar-refractivity contribution is 5.82. The van der Waals surface area contributed by atoms with Crippen LogP contribution >= 0.6 is 0 Å². The van der Waals surface area contributed by atoms with Crippen molar-refractivity contribution in [2.75, 3.05) is 6.54 Å². The number of fused-ring (bicyclic) bond motifs is 1. The van der Waals surface area contributed by atoms with E-state index in [9.17, 15) is 14.7 Å². The highest BCUT2D eigenvalue weighted by Crippen LogP contribution is 2.13. The van der Waals surface area contributed by atoms with Crippen molar-refractivity contribution in [1.29, 1.82) is 0 Å². The molecule has 1 aromatic heterocycles. The molecule has 1 aromatic carbocycles. The zero-order valence-electron chi connectivity index (χ0n) is 12.2. The van der Waals surface area contributed by atoms with Crippen LogP contribution in [0.25, 0.3) is 10.9 Å². The zero-order chi connectivity index (χ0) is 15.5. The summed E-state index contributed by atoms with van der Waals surface area (Å²) < 4.78 is 0. The molecule has 2 heterocycles. The fourth-order valence-corrected chi connectivity index (χ4v) is 2.87. The lowest BCUT2D eigenvalue weighted by Crippen LogP contribution is -2.46. The first-order chi connectivity index (χ1) is 10.6. The van der Waals surface area contributed by atoms with Gasteiger partial charge in [-0.3, -0.25) is 9.59 Å². The molecule has 1 aliphatic heterocycles. The number of hydrogen-bond acceptors (Lipinski definition) is 5. The molecule has 1 aliphatic rings. The second-order valence-electron chi connectivity index (χ2n) is 5.72. The standard InChI is InChI=1S/C16H19N3O3/c20-10(8-13-14(21)6-3-7-17-13)9-15-18-12-5-2-1-4-11(12)16(22)19-15/h1-2,4-5,13-14,17,21H,3,6-9H2,(H,18,19,22). The Kier molecular flexibility index (Phi) is 4.31. The number of rotatable bonds is 4. The van der Waals surface area contributed by atoms with Crippen LogP contribution in [0.15, 0.2) is 29.1 Å². The zero-order valence-corrected chi connectivity index (χ0v) is 12.2. The van der Waals surface area contributed by atoms with Crippen molar-refractivity contribution in [3.05, 3.63) is 40.4 Å². The number of H-pyrrole nitrogens is 1. The minimum atomic E-state index is -0.485. The Balaban J connectivity index is 1.72. The first kappa shape index (κ1) is 14.9. The highest BCUT2D eigenvalue weighted by Gasteiger charge is 2.25. The van der Waals surface area contributed by atoms with Crippen molar-refractivity contribution in [2.24, 2.45) is 0 Å². The van der Waals surface area contributed by atoms with Crippen LogP contribution in [0.1, 0.15) is 25.1 Å². The van der Waals surface area contributed by atoms with Crippen LogP contribution in [-0.4, -0.2) is 39.5 Å². The molecule has 2 aromatic rings. The Hall–Kier alpha value is -2.05. The van der Waals surface area contributed by atoms with Crippen LogP contribution in [0.5, 0.6) is 0 Å². The Morgan fingerprint density at radius 2 is 2.18 bits per heavy atom. The first-order valence-corrected chi connectivity index (χ1v) is 7.54. The van der Waals surface area contributed by atoms with E-state index in [1.54, 1.807) is 18.2 Å². The lowest BCUT2D eigenvalue weighted by Gasteiger charge is -2.28. The molecule has 6 heteroatoms. The number of nitrogens with zero attached hydrogens (tertiary/aromatic N) is 1. The van der Waals surface area contributed by atoms with Gasteiger partial charge >= 0.3 is 0 Å². The van der Waals surface area contributed by atoms with E-state index in [0.29, 0.717) is 16.7 Å². The Morgan fingerprint density at radius 1 is 1.36 bits per heavy atom. The van der Waals surface area contributed by atoms with Gasteiger partial charge in [-0.25, -0.2) is 4.98 Å². The predicted octanol–water partition coefficient (Wildman–Crippen LogP) is 0.538. The van der Waals surface area contributed by atoms with Gasteiger partial charge in [0, 0.05) is 12.5 Å². The molecule has 1 fully saturated rings. The summed E-state index contributed by atoms with van der Waals surface area (Å²) in [4.78, 5) is 31.1. The second-order valence-corrected chi connectivity index (χ2v) is 5.72. The molecule has 0 bridgehead atoms. The van der Waals surface area contributed by atoms with Crippen molar-refractivity contribution in [3.63, 3.8) is 0 Å². The number of aromatic nitrogens is 2. The van der Waals surface area contributed by atoms with Gasteiger partial charge in [0.15, 0.2) is 0 Å². The Bertz CT molecular complexity index is 741. The summed E-state index contributed by atoms with van der Waals surface area (Å²) in [6, 6.07) is 6.84. The predicted molar refractivity (Wildman–Crippen MR) is 82.7 cm³/mol. The number of aromatic amines is 1. The smallest absolute Gasteiger partial charge is 0.258 e. The molecule has 2 atom stereocenters. The largest absolute Gasteiger partial charge is 0.391 e. The van der Waals surface area contributed by atoms with Crippen LogP contribution in [0.4, 0.5) is 0 Å². The maximum absolute atomic E-state index is 12.2. The van der Waals surface area contributed by atoms with Crippen LogP contribution in [0.3, 0.4) is 0 Å². The number of ketones is 1. The van der Waals surface area contributed by atoms with Gasteiger partial charge in [0.25, 0.3) is 5.56 Å². The number of carbonyl (C=O) groups excluding carboxylic acids is 1. The van der Waals surface area contributed by atoms with Crippen molar-refractivity contribution in [3.8, 4) is 0 Å². The number of aliphatic hydroxyl groups is 1. The molecule has 0 aliphatic carbocycles. The second kappa shape index (κ2) is 6.37. The van der Waals surface area contributed by atoms with Gasteiger partial charge in [-0.2, -0.15) is 0 Å². The minimum absolute atomic E-state index is 0.0446. The monoisotopic (exact) mass is 301 g/mol. The number of carbonyl (C=O) groups is 1. The van der Waals surface area contributed by atoms with E-state index in [0.717, 1.165) is 19.4 Å². The van der Waals surface area contributed by atoms with Crippen molar-refractivity contribution >= 4 is 16.7 Å². The third-order valence-corrected chi connectivity index (χ3v) is 4.02. The summed E-state index contributed by atoms with van der Waals surface area (Å²) in [5.41, 5.74) is 0.356. The number of para-hydroxylation sites is 1. The summed E-state index contributed by atoms with van der Waals surface area (Å²) in [6.45, 7) is 0.820. The summed E-state index contributed by atoms with van der Waals surface area (Å²) in [6.07, 6.45) is 1.48. The highest BCUT2D eigenvalue weighted by atomic mass is 16.3. The molecule has 6 nitrogen and oxygen atoms in total. The van der Waals surface area contributed by atoms with Crippen LogP contribution < -0.4 is 10.9 Å². The van der Waals surface area contributed by atoms with E-state index in [2.05, 4.69) is 15.3 Å². The molecule has 1 saturated heterocycles. The third kappa shape index (κ3) is 3.23. The van der Waals surface area contributed by atoms with Gasteiger partial charge in [-0.15, -0.1) is 0 Å². The maximum Gasteiger partial charge on any atom is 0.258 e. The van der Waals surface area contributed by atoms with Gasteiger partial charge in [0.2, 0.25) is 0 Å². The molecular weight excluding hydrogens is 282 g/mol. The number of piperidine rings is 1. The fraction of sp³-hybridized carbons (Fsp3) is 0.438. The Morgan fingerprint density at radius 3 is 3.00 bits per heavy atom. The molecule has 116 valence electrons. The summed E-state index contributed by atoms with van der Waals surface area (Å²) >= 11 is 0. The van der Waals surface area contributed by atoms with E-state index < -0.39 is 6.10 Å². The normalized spacial score (nSPS) is 21.9. The first-order valence-electron chi connectivity index (χ1n) is 7.54. The molecule has 2 unspecified atom stereocenters. The molecular formula is C16H19N3O3. The van der Waals surface area contributed by atoms with Gasteiger partial charge in [0.1, 0.15) is 11.6 Å². The van der Waals surface area contributed by atoms with Crippen LogP contribution in [0.2, 0.25) is 0 Å². The number of Topliss-reactive ketones (excluding diaryl/α,β-unsaturated/α-hetero) is 1. The Labute approximate surface area is 127 Å². The van der Waals surface area contributed by atoms with Crippen LogP contribution in [0, 0.1) is 0 Å². The van der Waals surface area contributed by atoms with Gasteiger partial charge in [-0.05, 0) is 31.5 Å². The summed E-state index contributed by atoms with van der Waals surface area (Å²) in [5, 5.41) is 13.6. The fourth-order valence-electron chi connectivity index (χ4n) is 2.87. The summed E-state index contributed by atoms with van der Waals surface area (Å²) in [7, 11) is 0. The van der Waals surface area contributed by atoms with E-state index in [4.69, 9.17) is 0 Å². The van der Waals surface area contributed by atoms with Gasteiger partial charge in [0.05, 0.1) is 23.4 Å². The molecule has 0 radical (unpaired) electrons. The van der Waals surface area contributed by atoms with Crippen LogP contribution in [-0.2, 0) is 11.2 Å². The molecule has 3 rings (SSSR count). The molecule has 0 amide bonds. The quantitative estimate of drug-likeness (QED) is 0.766. The van der Waals surface area contributed by atoms with Crippen molar-refractivity contribution in [1.82, 2.24) is 15.3 Å². The minimum Gasteiger partial charge on any atom is -0.391 e. The molecule has 3 N–H and O–H groups in total. The van der Waals surface area contributed by atoms with Crippen molar-refractivity contribution < 1.29 is 9.90 Å².